The molecule has 2 aromatic rings. The van der Waals surface area contributed by atoms with Gasteiger partial charge in [0.15, 0.2) is 5.82 Å². The summed E-state index contributed by atoms with van der Waals surface area (Å²) in [5, 5.41) is 3.45. The second kappa shape index (κ2) is 6.31. The smallest absolute Gasteiger partial charge is 0.271 e. The van der Waals surface area contributed by atoms with E-state index < -0.39 is 0 Å². The topological polar surface area (TPSA) is 92.9 Å². The van der Waals surface area contributed by atoms with Gasteiger partial charge in [-0.05, 0) is 24.6 Å². The Hall–Kier alpha value is -2.18. The van der Waals surface area contributed by atoms with Crippen molar-refractivity contribution in [1.82, 2.24) is 15.3 Å². The highest BCUT2D eigenvalue weighted by Crippen LogP contribution is 2.17. The van der Waals surface area contributed by atoms with Gasteiger partial charge in [-0.25, -0.2) is 15.8 Å². The Bertz CT molecular complexity index is 602. The summed E-state index contributed by atoms with van der Waals surface area (Å²) in [5.41, 5.74) is 3.48. The molecular weight excluding hydrogens is 278 g/mol. The van der Waals surface area contributed by atoms with Gasteiger partial charge in [-0.3, -0.25) is 4.79 Å². The minimum absolute atomic E-state index is 0.185. The highest BCUT2D eigenvalue weighted by molar-refractivity contribution is 6.30. The predicted molar refractivity (Wildman–Crippen MR) is 77.2 cm³/mol. The molecule has 2 rings (SSSR count). The molecule has 0 spiro atoms. The number of benzene rings is 1. The van der Waals surface area contributed by atoms with Gasteiger partial charge in [0, 0.05) is 5.02 Å². The van der Waals surface area contributed by atoms with Gasteiger partial charge in [-0.1, -0.05) is 23.7 Å². The minimum atomic E-state index is -0.312. The van der Waals surface area contributed by atoms with Crippen LogP contribution in [0.2, 0.25) is 5.02 Å². The van der Waals surface area contributed by atoms with Crippen LogP contribution in [0.15, 0.2) is 36.7 Å². The first-order valence-electron chi connectivity index (χ1n) is 5.95. The Balaban J connectivity index is 2.06. The normalized spacial score (nSPS) is 11.8. The summed E-state index contributed by atoms with van der Waals surface area (Å²) in [4.78, 5) is 19.9. The molecule has 1 aromatic heterocycles. The summed E-state index contributed by atoms with van der Waals surface area (Å²) in [7, 11) is 0. The molecule has 104 valence electrons. The number of anilines is 1. The Morgan fingerprint density at radius 2 is 2.15 bits per heavy atom. The summed E-state index contributed by atoms with van der Waals surface area (Å²) in [5.74, 6) is 5.26. The molecule has 0 saturated carbocycles. The van der Waals surface area contributed by atoms with Gasteiger partial charge in [0.1, 0.15) is 5.69 Å². The number of aromatic nitrogens is 2. The molecule has 1 unspecified atom stereocenters. The SMILES string of the molecule is CC(NC(=O)c1cnc(NN)cn1)c1cccc(Cl)c1. The van der Waals surface area contributed by atoms with E-state index in [0.717, 1.165) is 5.56 Å². The number of hydrogen-bond donors (Lipinski definition) is 3. The van der Waals surface area contributed by atoms with E-state index >= 15 is 0 Å². The lowest BCUT2D eigenvalue weighted by Gasteiger charge is -2.14. The van der Waals surface area contributed by atoms with Crippen molar-refractivity contribution in [1.29, 1.82) is 0 Å². The third-order valence-electron chi connectivity index (χ3n) is 2.73. The van der Waals surface area contributed by atoms with Gasteiger partial charge < -0.3 is 10.7 Å². The van der Waals surface area contributed by atoms with E-state index in [4.69, 9.17) is 17.4 Å². The average molecular weight is 292 g/mol. The molecule has 4 N–H and O–H groups in total. The number of rotatable bonds is 4. The number of halogens is 1. The second-order valence-corrected chi connectivity index (χ2v) is 4.62. The van der Waals surface area contributed by atoms with Crippen molar-refractivity contribution in [3.8, 4) is 0 Å². The molecule has 0 aliphatic carbocycles. The monoisotopic (exact) mass is 291 g/mol. The maximum Gasteiger partial charge on any atom is 0.271 e. The second-order valence-electron chi connectivity index (χ2n) is 4.18. The third-order valence-corrected chi connectivity index (χ3v) is 2.96. The quantitative estimate of drug-likeness (QED) is 0.591. The number of amides is 1. The molecule has 0 aliphatic heterocycles. The van der Waals surface area contributed by atoms with Crippen LogP contribution in [0.3, 0.4) is 0 Å². The Kier molecular flexibility index (Phi) is 4.49. The summed E-state index contributed by atoms with van der Waals surface area (Å²) in [6, 6.07) is 7.13. The van der Waals surface area contributed by atoms with E-state index in [0.29, 0.717) is 10.8 Å². The van der Waals surface area contributed by atoms with E-state index in [1.807, 2.05) is 19.1 Å². The van der Waals surface area contributed by atoms with Crippen LogP contribution in [-0.2, 0) is 0 Å². The molecule has 7 heteroatoms. The fourth-order valence-electron chi connectivity index (χ4n) is 1.65. The van der Waals surface area contributed by atoms with Crippen molar-refractivity contribution >= 4 is 23.3 Å². The summed E-state index contributed by atoms with van der Waals surface area (Å²) < 4.78 is 0. The van der Waals surface area contributed by atoms with Crippen LogP contribution in [0.4, 0.5) is 5.82 Å². The number of hydrazine groups is 1. The average Bonchev–Trinajstić information content (AvgIpc) is 2.47. The number of nitrogens with one attached hydrogen (secondary N) is 2. The molecular formula is C13H14ClN5O. The van der Waals surface area contributed by atoms with Gasteiger partial charge in [0.05, 0.1) is 18.4 Å². The first-order chi connectivity index (χ1) is 9.60. The molecule has 0 bridgehead atoms. The molecule has 0 saturated heterocycles. The van der Waals surface area contributed by atoms with Gasteiger partial charge in [0.2, 0.25) is 0 Å². The maximum atomic E-state index is 12.0. The van der Waals surface area contributed by atoms with Crippen LogP contribution < -0.4 is 16.6 Å². The molecule has 0 fully saturated rings. The van der Waals surface area contributed by atoms with Gasteiger partial charge in [-0.2, -0.15) is 0 Å². The van der Waals surface area contributed by atoms with E-state index in [9.17, 15) is 4.79 Å². The van der Waals surface area contributed by atoms with Crippen LogP contribution in [0, 0.1) is 0 Å². The van der Waals surface area contributed by atoms with Gasteiger partial charge >= 0.3 is 0 Å². The number of nitrogen functional groups attached to an aromatic ring is 1. The molecule has 6 nitrogen and oxygen atoms in total. The zero-order chi connectivity index (χ0) is 14.5. The lowest BCUT2D eigenvalue weighted by atomic mass is 10.1. The molecule has 1 aromatic carbocycles. The zero-order valence-electron chi connectivity index (χ0n) is 10.8. The number of nitrogens with zero attached hydrogens (tertiary/aromatic N) is 2. The standard InChI is InChI=1S/C13H14ClN5O/c1-8(9-3-2-4-10(14)5-9)18-13(20)11-6-17-12(19-15)7-16-11/h2-8H,15H2,1H3,(H,17,19)(H,18,20). The van der Waals surface area contributed by atoms with Crippen molar-refractivity contribution in [2.24, 2.45) is 5.84 Å². The van der Waals surface area contributed by atoms with Gasteiger partial charge in [-0.15, -0.1) is 0 Å². The van der Waals surface area contributed by atoms with Crippen molar-refractivity contribution in [2.45, 2.75) is 13.0 Å². The Morgan fingerprint density at radius 3 is 2.75 bits per heavy atom. The summed E-state index contributed by atoms with van der Waals surface area (Å²) in [6.07, 6.45) is 2.74. The lowest BCUT2D eigenvalue weighted by molar-refractivity contribution is 0.0934. The number of carbonyl (C=O) groups is 1. The third kappa shape index (κ3) is 3.43. The number of nitrogens with two attached hydrogens (primary N) is 1. The first kappa shape index (κ1) is 14.2. The van der Waals surface area contributed by atoms with Crippen LogP contribution in [0.5, 0.6) is 0 Å². The van der Waals surface area contributed by atoms with Crippen molar-refractivity contribution < 1.29 is 4.79 Å². The molecule has 0 radical (unpaired) electrons. The van der Waals surface area contributed by atoms with Gasteiger partial charge in [0.25, 0.3) is 5.91 Å². The van der Waals surface area contributed by atoms with E-state index in [-0.39, 0.29) is 17.6 Å². The van der Waals surface area contributed by atoms with Crippen LogP contribution >= 0.6 is 11.6 Å². The summed E-state index contributed by atoms with van der Waals surface area (Å²) in [6.45, 7) is 1.87. The highest BCUT2D eigenvalue weighted by atomic mass is 35.5. The highest BCUT2D eigenvalue weighted by Gasteiger charge is 2.13. The summed E-state index contributed by atoms with van der Waals surface area (Å²) >= 11 is 5.92. The lowest BCUT2D eigenvalue weighted by Crippen LogP contribution is -2.27. The van der Waals surface area contributed by atoms with Crippen LogP contribution in [0.25, 0.3) is 0 Å². The fourth-order valence-corrected chi connectivity index (χ4v) is 1.85. The minimum Gasteiger partial charge on any atom is -0.344 e. The maximum absolute atomic E-state index is 12.0. The molecule has 1 amide bonds. The Labute approximate surface area is 121 Å². The van der Waals surface area contributed by atoms with E-state index in [2.05, 4.69) is 20.7 Å². The molecule has 1 atom stereocenters. The molecule has 20 heavy (non-hydrogen) atoms. The van der Waals surface area contributed by atoms with Crippen LogP contribution in [-0.4, -0.2) is 15.9 Å². The fraction of sp³-hybridized carbons (Fsp3) is 0.154. The van der Waals surface area contributed by atoms with E-state index in [1.165, 1.54) is 12.4 Å². The Morgan fingerprint density at radius 1 is 1.35 bits per heavy atom. The van der Waals surface area contributed by atoms with Crippen molar-refractivity contribution in [3.05, 3.63) is 52.9 Å². The molecule has 0 aliphatic rings. The number of hydrogen-bond acceptors (Lipinski definition) is 5. The zero-order valence-corrected chi connectivity index (χ0v) is 11.6. The first-order valence-corrected chi connectivity index (χ1v) is 6.33. The predicted octanol–water partition coefficient (Wildman–Crippen LogP) is 1.91. The van der Waals surface area contributed by atoms with Crippen LogP contribution in [0.1, 0.15) is 29.0 Å². The van der Waals surface area contributed by atoms with E-state index in [1.54, 1.807) is 12.1 Å². The van der Waals surface area contributed by atoms with Crippen molar-refractivity contribution in [2.75, 3.05) is 5.43 Å². The van der Waals surface area contributed by atoms with Crippen molar-refractivity contribution in [3.63, 3.8) is 0 Å². The molecule has 1 heterocycles. The largest absolute Gasteiger partial charge is 0.344 e. The number of carbonyl (C=O) groups excluding carboxylic acids is 1.